The SMILES string of the molecule is COc1ccc(-n2c(SCC(=O)NC(C)(C#N)C(C)C)nnc2-c2ccccc2OC)cc1. The molecule has 1 heterocycles. The van der Waals surface area contributed by atoms with Crippen molar-refractivity contribution in [2.45, 2.75) is 31.5 Å². The second-order valence-corrected chi connectivity index (χ2v) is 8.79. The average Bonchev–Trinajstić information content (AvgIpc) is 3.26. The van der Waals surface area contributed by atoms with Crippen LogP contribution in [0.2, 0.25) is 0 Å². The number of para-hydroxylation sites is 1. The van der Waals surface area contributed by atoms with Crippen molar-refractivity contribution in [3.8, 4) is 34.6 Å². The van der Waals surface area contributed by atoms with E-state index < -0.39 is 5.54 Å². The lowest BCUT2D eigenvalue weighted by atomic mass is 9.90. The van der Waals surface area contributed by atoms with E-state index in [1.807, 2.05) is 66.9 Å². The number of nitrogens with one attached hydrogen (secondary N) is 1. The monoisotopic (exact) mass is 465 g/mol. The number of methoxy groups -OCH3 is 2. The molecule has 1 atom stereocenters. The lowest BCUT2D eigenvalue weighted by Gasteiger charge is -2.27. The first-order chi connectivity index (χ1) is 15.8. The number of benzene rings is 2. The topological polar surface area (TPSA) is 102 Å². The van der Waals surface area contributed by atoms with Gasteiger partial charge < -0.3 is 14.8 Å². The van der Waals surface area contributed by atoms with E-state index in [2.05, 4.69) is 21.6 Å². The molecular weight excluding hydrogens is 438 g/mol. The van der Waals surface area contributed by atoms with E-state index in [1.54, 1.807) is 21.1 Å². The molecule has 1 amide bonds. The highest BCUT2D eigenvalue weighted by molar-refractivity contribution is 7.99. The van der Waals surface area contributed by atoms with Gasteiger partial charge in [0.25, 0.3) is 0 Å². The van der Waals surface area contributed by atoms with E-state index in [-0.39, 0.29) is 17.6 Å². The normalized spacial score (nSPS) is 12.6. The van der Waals surface area contributed by atoms with Gasteiger partial charge in [0.1, 0.15) is 17.0 Å². The van der Waals surface area contributed by atoms with Crippen molar-refractivity contribution in [3.63, 3.8) is 0 Å². The highest BCUT2D eigenvalue weighted by Crippen LogP contribution is 2.33. The lowest BCUT2D eigenvalue weighted by molar-refractivity contribution is -0.120. The Kier molecular flexibility index (Phi) is 7.61. The molecule has 0 aliphatic rings. The molecule has 3 rings (SSSR count). The molecule has 0 fully saturated rings. The Balaban J connectivity index is 1.96. The molecule has 2 aromatic carbocycles. The molecule has 1 unspecified atom stereocenters. The molecule has 0 saturated carbocycles. The number of nitriles is 1. The summed E-state index contributed by atoms with van der Waals surface area (Å²) in [5.74, 6) is 1.78. The summed E-state index contributed by atoms with van der Waals surface area (Å²) < 4.78 is 12.7. The Morgan fingerprint density at radius 1 is 1.15 bits per heavy atom. The highest BCUT2D eigenvalue weighted by atomic mass is 32.2. The third kappa shape index (κ3) is 5.29. The molecule has 8 nitrogen and oxygen atoms in total. The molecule has 0 radical (unpaired) electrons. The van der Waals surface area contributed by atoms with Crippen molar-refractivity contribution < 1.29 is 14.3 Å². The molecular formula is C24H27N5O3S. The van der Waals surface area contributed by atoms with Crippen molar-refractivity contribution >= 4 is 17.7 Å². The molecule has 0 saturated heterocycles. The summed E-state index contributed by atoms with van der Waals surface area (Å²) in [6.07, 6.45) is 0. The van der Waals surface area contributed by atoms with Gasteiger partial charge in [0.15, 0.2) is 11.0 Å². The van der Waals surface area contributed by atoms with Gasteiger partial charge in [-0.15, -0.1) is 10.2 Å². The van der Waals surface area contributed by atoms with Crippen LogP contribution in [-0.4, -0.2) is 46.2 Å². The summed E-state index contributed by atoms with van der Waals surface area (Å²) in [5.41, 5.74) is 0.647. The fourth-order valence-corrected chi connectivity index (χ4v) is 3.84. The second kappa shape index (κ2) is 10.4. The average molecular weight is 466 g/mol. The fourth-order valence-electron chi connectivity index (χ4n) is 3.09. The highest BCUT2D eigenvalue weighted by Gasteiger charge is 2.30. The van der Waals surface area contributed by atoms with Crippen molar-refractivity contribution in [1.82, 2.24) is 20.1 Å². The third-order valence-corrected chi connectivity index (χ3v) is 6.36. The lowest BCUT2D eigenvalue weighted by Crippen LogP contribution is -2.49. The molecule has 0 aliphatic carbocycles. The van der Waals surface area contributed by atoms with Crippen LogP contribution < -0.4 is 14.8 Å². The van der Waals surface area contributed by atoms with Gasteiger partial charge in [-0.1, -0.05) is 37.7 Å². The maximum absolute atomic E-state index is 12.6. The summed E-state index contributed by atoms with van der Waals surface area (Å²) in [7, 11) is 3.22. The van der Waals surface area contributed by atoms with E-state index in [4.69, 9.17) is 9.47 Å². The fraction of sp³-hybridized carbons (Fsp3) is 0.333. The van der Waals surface area contributed by atoms with E-state index in [1.165, 1.54) is 11.8 Å². The van der Waals surface area contributed by atoms with Gasteiger partial charge in [-0.05, 0) is 49.2 Å². The minimum Gasteiger partial charge on any atom is -0.497 e. The van der Waals surface area contributed by atoms with Crippen LogP contribution in [0.15, 0.2) is 53.7 Å². The summed E-state index contributed by atoms with van der Waals surface area (Å²) >= 11 is 1.25. The number of aromatic nitrogens is 3. The zero-order valence-electron chi connectivity index (χ0n) is 19.3. The molecule has 1 aromatic heterocycles. The Bertz CT molecular complexity index is 1150. The van der Waals surface area contributed by atoms with Crippen LogP contribution in [0.4, 0.5) is 0 Å². The van der Waals surface area contributed by atoms with Gasteiger partial charge in [0.05, 0.1) is 37.3 Å². The first kappa shape index (κ1) is 24.1. The smallest absolute Gasteiger partial charge is 0.231 e. The Morgan fingerprint density at radius 3 is 2.45 bits per heavy atom. The zero-order valence-corrected chi connectivity index (χ0v) is 20.1. The zero-order chi connectivity index (χ0) is 24.0. The van der Waals surface area contributed by atoms with Crippen molar-refractivity contribution in [2.24, 2.45) is 5.92 Å². The van der Waals surface area contributed by atoms with Crippen molar-refractivity contribution in [2.75, 3.05) is 20.0 Å². The number of hydrogen-bond acceptors (Lipinski definition) is 7. The van der Waals surface area contributed by atoms with Crippen molar-refractivity contribution in [3.05, 3.63) is 48.5 Å². The Labute approximate surface area is 197 Å². The number of rotatable bonds is 9. The predicted molar refractivity (Wildman–Crippen MR) is 128 cm³/mol. The standard InChI is InChI=1S/C24H27N5O3S/c1-16(2)24(3,15-25)26-21(30)14-33-23-28-27-22(19-8-6-7-9-20(19)32-5)29(23)17-10-12-18(31-4)13-11-17/h6-13,16H,14H2,1-5H3,(H,26,30). The summed E-state index contributed by atoms with van der Waals surface area (Å²) in [6.45, 7) is 5.52. The van der Waals surface area contributed by atoms with E-state index in [9.17, 15) is 10.1 Å². The van der Waals surface area contributed by atoms with Gasteiger partial charge in [-0.3, -0.25) is 9.36 Å². The van der Waals surface area contributed by atoms with Gasteiger partial charge in [0, 0.05) is 0 Å². The van der Waals surface area contributed by atoms with Crippen LogP contribution in [0, 0.1) is 17.2 Å². The van der Waals surface area contributed by atoms with Gasteiger partial charge >= 0.3 is 0 Å². The number of ether oxygens (including phenoxy) is 2. The summed E-state index contributed by atoms with van der Waals surface area (Å²) in [4.78, 5) is 12.6. The number of nitrogens with zero attached hydrogens (tertiary/aromatic N) is 4. The molecule has 0 aliphatic heterocycles. The molecule has 1 N–H and O–H groups in total. The molecule has 33 heavy (non-hydrogen) atoms. The maximum Gasteiger partial charge on any atom is 0.231 e. The summed E-state index contributed by atoms with van der Waals surface area (Å²) in [5, 5.41) is 21.6. The number of thioether (sulfide) groups is 1. The maximum atomic E-state index is 12.6. The molecule has 0 bridgehead atoms. The van der Waals surface area contributed by atoms with Crippen LogP contribution in [0.5, 0.6) is 11.5 Å². The summed E-state index contributed by atoms with van der Waals surface area (Å²) in [6, 6.07) is 17.2. The number of carbonyl (C=O) groups excluding carboxylic acids is 1. The Morgan fingerprint density at radius 2 is 1.85 bits per heavy atom. The van der Waals surface area contributed by atoms with Gasteiger partial charge in [0.2, 0.25) is 5.91 Å². The Hall–Kier alpha value is -3.51. The molecule has 0 spiro atoms. The quantitative estimate of drug-likeness (QED) is 0.475. The van der Waals surface area contributed by atoms with Crippen LogP contribution in [0.3, 0.4) is 0 Å². The van der Waals surface area contributed by atoms with Crippen LogP contribution >= 0.6 is 11.8 Å². The second-order valence-electron chi connectivity index (χ2n) is 7.85. The minimum absolute atomic E-state index is 0.0310. The number of amides is 1. The van der Waals surface area contributed by atoms with Crippen molar-refractivity contribution in [1.29, 1.82) is 5.26 Å². The van der Waals surface area contributed by atoms with Crippen LogP contribution in [-0.2, 0) is 4.79 Å². The number of carbonyl (C=O) groups is 1. The molecule has 3 aromatic rings. The molecule has 172 valence electrons. The van der Waals surface area contributed by atoms with Crippen LogP contribution in [0.1, 0.15) is 20.8 Å². The first-order valence-electron chi connectivity index (χ1n) is 10.4. The van der Waals surface area contributed by atoms with E-state index in [0.717, 1.165) is 17.0 Å². The first-order valence-corrected chi connectivity index (χ1v) is 11.4. The van der Waals surface area contributed by atoms with Gasteiger partial charge in [-0.2, -0.15) is 5.26 Å². The largest absolute Gasteiger partial charge is 0.497 e. The van der Waals surface area contributed by atoms with E-state index in [0.29, 0.717) is 16.7 Å². The third-order valence-electron chi connectivity index (χ3n) is 5.43. The molecule has 9 heteroatoms. The number of hydrogen-bond donors (Lipinski definition) is 1. The minimum atomic E-state index is -0.941. The van der Waals surface area contributed by atoms with Crippen LogP contribution in [0.25, 0.3) is 17.1 Å². The predicted octanol–water partition coefficient (Wildman–Crippen LogP) is 4.10. The van der Waals surface area contributed by atoms with E-state index >= 15 is 0 Å². The van der Waals surface area contributed by atoms with Gasteiger partial charge in [-0.25, -0.2) is 0 Å².